The second kappa shape index (κ2) is 8.08. The highest BCUT2D eigenvalue weighted by Crippen LogP contribution is 2.65. The highest BCUT2D eigenvalue weighted by molar-refractivity contribution is 6.22. The maximum absolute atomic E-state index is 13.2. The van der Waals surface area contributed by atoms with Gasteiger partial charge in [0.15, 0.2) is 12.4 Å². The van der Waals surface area contributed by atoms with Crippen molar-refractivity contribution in [2.45, 2.75) is 6.42 Å². The van der Waals surface area contributed by atoms with Crippen LogP contribution < -0.4 is 14.4 Å². The lowest BCUT2D eigenvalue weighted by atomic mass is 9.63. The third kappa shape index (κ3) is 3.51. The monoisotopic (exact) mass is 473 g/mol. The number of allylic oxidation sites excluding steroid dienone is 2. The van der Waals surface area contributed by atoms with Crippen LogP contribution in [0.25, 0.3) is 0 Å². The zero-order valence-electron chi connectivity index (χ0n) is 19.0. The number of nitrogens with zero attached hydrogens (tertiary/aromatic N) is 1. The summed E-state index contributed by atoms with van der Waals surface area (Å²) in [6.45, 7) is -0.194. The lowest BCUT2D eigenvalue weighted by Gasteiger charge is -2.37. The minimum atomic E-state index is -0.840. The van der Waals surface area contributed by atoms with Crippen molar-refractivity contribution in [1.29, 1.82) is 0 Å². The number of benzene rings is 2. The van der Waals surface area contributed by atoms with E-state index in [9.17, 15) is 19.2 Å². The van der Waals surface area contributed by atoms with Gasteiger partial charge in [0.1, 0.15) is 11.5 Å². The minimum Gasteiger partial charge on any atom is -0.485 e. The fourth-order valence-electron chi connectivity index (χ4n) is 5.98. The summed E-state index contributed by atoms with van der Waals surface area (Å²) in [6, 6.07) is 12.7. The number of hydrogen-bond acceptors (Lipinski definition) is 7. The first-order valence-corrected chi connectivity index (χ1v) is 11.6. The van der Waals surface area contributed by atoms with Crippen LogP contribution in [0.4, 0.5) is 10.5 Å². The molecule has 3 fully saturated rings. The Labute approximate surface area is 201 Å². The highest BCUT2D eigenvalue weighted by Gasteiger charge is 2.67. The van der Waals surface area contributed by atoms with E-state index < -0.39 is 6.16 Å². The number of imide groups is 1. The predicted molar refractivity (Wildman–Crippen MR) is 123 cm³/mol. The second-order valence-corrected chi connectivity index (χ2v) is 9.45. The molecular weight excluding hydrogens is 450 g/mol. The number of Topliss-reactive ketones (excluding diaryl/α,β-unsaturated/α-hetero) is 1. The smallest absolute Gasteiger partial charge is 0.485 e. The van der Waals surface area contributed by atoms with E-state index in [2.05, 4.69) is 16.9 Å². The fraction of sp³-hybridized carbons (Fsp3) is 0.333. The molecule has 2 amide bonds. The van der Waals surface area contributed by atoms with Crippen LogP contribution >= 0.6 is 0 Å². The largest absolute Gasteiger partial charge is 0.513 e. The van der Waals surface area contributed by atoms with Crippen LogP contribution in [0.1, 0.15) is 16.8 Å². The zero-order chi connectivity index (χ0) is 24.3. The van der Waals surface area contributed by atoms with Gasteiger partial charge >= 0.3 is 6.16 Å². The Balaban J connectivity index is 1.09. The number of methoxy groups -OCH3 is 1. The molecule has 8 heteroatoms. The summed E-state index contributed by atoms with van der Waals surface area (Å²) in [4.78, 5) is 51.4. The van der Waals surface area contributed by atoms with Gasteiger partial charge in [-0.25, -0.2) is 4.79 Å². The molecular formula is C27H23NO7. The molecule has 1 heterocycles. The maximum Gasteiger partial charge on any atom is 0.513 e. The van der Waals surface area contributed by atoms with Crippen molar-refractivity contribution in [3.63, 3.8) is 0 Å². The molecule has 2 aromatic carbocycles. The molecule has 0 radical (unpaired) electrons. The van der Waals surface area contributed by atoms with Crippen LogP contribution in [0.3, 0.4) is 0 Å². The van der Waals surface area contributed by atoms with E-state index in [1.54, 1.807) is 24.3 Å². The number of hydrogen-bond donors (Lipinski definition) is 0. The predicted octanol–water partition coefficient (Wildman–Crippen LogP) is 3.65. The van der Waals surface area contributed by atoms with Crippen molar-refractivity contribution in [1.82, 2.24) is 0 Å². The lowest BCUT2D eigenvalue weighted by Crippen LogP contribution is -2.40. The third-order valence-electron chi connectivity index (χ3n) is 7.67. The molecule has 0 N–H and O–H groups in total. The Morgan fingerprint density at radius 2 is 1.43 bits per heavy atom. The summed E-state index contributed by atoms with van der Waals surface area (Å²) in [5, 5.41) is 0. The summed E-state index contributed by atoms with van der Waals surface area (Å²) in [5.41, 5.74) is 0.929. The number of amides is 2. The molecule has 2 bridgehead atoms. The molecule has 6 atom stereocenters. The van der Waals surface area contributed by atoms with E-state index in [1.165, 1.54) is 36.3 Å². The summed E-state index contributed by atoms with van der Waals surface area (Å²) in [7, 11) is 1.21. The molecule has 7 rings (SSSR count). The Hall–Kier alpha value is -3.94. The number of ketones is 1. The van der Waals surface area contributed by atoms with Crippen molar-refractivity contribution in [3.05, 3.63) is 66.2 Å². The summed E-state index contributed by atoms with van der Waals surface area (Å²) < 4.78 is 14.9. The van der Waals surface area contributed by atoms with Crippen LogP contribution in [-0.2, 0) is 14.3 Å². The van der Waals surface area contributed by atoms with Crippen molar-refractivity contribution in [2.24, 2.45) is 35.5 Å². The van der Waals surface area contributed by atoms with Gasteiger partial charge in [-0.1, -0.05) is 12.2 Å². The molecule has 4 aliphatic carbocycles. The van der Waals surface area contributed by atoms with Crippen LogP contribution in [0.15, 0.2) is 60.7 Å². The van der Waals surface area contributed by atoms with Gasteiger partial charge in [-0.15, -0.1) is 0 Å². The standard InChI is InChI=1S/C27H23NO7/c1-33-27(32)35-17-6-2-14(3-7-17)22(29)13-34-16-8-4-15(5-9-16)28-25(30)23-18-10-11-19(21-12-20(18)21)24(23)26(28)31/h2-11,18-21,23-24H,12-13H2,1H3/t18-,19+,20+,21-,23-,24+. The average molecular weight is 473 g/mol. The lowest BCUT2D eigenvalue weighted by molar-refractivity contribution is -0.124. The minimum absolute atomic E-state index is 0.104. The average Bonchev–Trinajstić information content (AvgIpc) is 3.66. The molecule has 0 unspecified atom stereocenters. The molecule has 1 saturated heterocycles. The molecule has 0 aromatic heterocycles. The molecule has 178 valence electrons. The number of carbonyl (C=O) groups excluding carboxylic acids is 4. The first kappa shape index (κ1) is 21.6. The molecule has 5 aliphatic rings. The molecule has 0 spiro atoms. The molecule has 8 nitrogen and oxygen atoms in total. The topological polar surface area (TPSA) is 99.2 Å². The Morgan fingerprint density at radius 1 is 0.857 bits per heavy atom. The Kier molecular flexibility index (Phi) is 4.98. The van der Waals surface area contributed by atoms with Gasteiger partial charge in [0, 0.05) is 5.56 Å². The second-order valence-electron chi connectivity index (χ2n) is 9.45. The molecule has 2 aromatic rings. The number of rotatable bonds is 6. The fourth-order valence-corrected chi connectivity index (χ4v) is 5.98. The van der Waals surface area contributed by atoms with E-state index >= 15 is 0 Å². The van der Waals surface area contributed by atoms with E-state index in [0.29, 0.717) is 28.8 Å². The van der Waals surface area contributed by atoms with Crippen LogP contribution in [0.5, 0.6) is 11.5 Å². The molecule has 1 aliphatic heterocycles. The van der Waals surface area contributed by atoms with Crippen LogP contribution in [0, 0.1) is 35.5 Å². The van der Waals surface area contributed by atoms with Crippen molar-refractivity contribution in [2.75, 3.05) is 18.6 Å². The zero-order valence-corrected chi connectivity index (χ0v) is 19.0. The van der Waals surface area contributed by atoms with Gasteiger partial charge in [-0.3, -0.25) is 19.3 Å². The van der Waals surface area contributed by atoms with Gasteiger partial charge in [0.2, 0.25) is 11.8 Å². The summed E-state index contributed by atoms with van der Waals surface area (Å²) >= 11 is 0. The first-order chi connectivity index (χ1) is 17.0. The quantitative estimate of drug-likeness (QED) is 0.208. The highest BCUT2D eigenvalue weighted by atomic mass is 16.7. The Bertz CT molecular complexity index is 1210. The normalized spacial score (nSPS) is 29.5. The van der Waals surface area contributed by atoms with Crippen molar-refractivity contribution in [3.8, 4) is 11.5 Å². The molecule has 35 heavy (non-hydrogen) atoms. The van der Waals surface area contributed by atoms with Crippen LogP contribution in [0.2, 0.25) is 0 Å². The maximum atomic E-state index is 13.2. The van der Waals surface area contributed by atoms with Gasteiger partial charge in [0.05, 0.1) is 24.6 Å². The SMILES string of the molecule is COC(=O)Oc1ccc(C(=O)COc2ccc(N3C(=O)[C@@H]4[C@@H]5C=C[C@@H]([C@H]6C[C@@H]56)[C@@H]4C3=O)cc2)cc1. The first-order valence-electron chi connectivity index (χ1n) is 11.6. The van der Waals surface area contributed by atoms with Gasteiger partial charge < -0.3 is 14.2 Å². The van der Waals surface area contributed by atoms with Crippen molar-refractivity contribution < 1.29 is 33.4 Å². The summed E-state index contributed by atoms with van der Waals surface area (Å²) in [5.74, 6) is 1.27. The van der Waals surface area contributed by atoms with Gasteiger partial charge in [-0.2, -0.15) is 0 Å². The molecule has 2 saturated carbocycles. The number of anilines is 1. The van der Waals surface area contributed by atoms with E-state index in [0.717, 1.165) is 6.42 Å². The van der Waals surface area contributed by atoms with Gasteiger partial charge in [0.25, 0.3) is 0 Å². The number of ether oxygens (including phenoxy) is 3. The van der Waals surface area contributed by atoms with Gasteiger partial charge in [-0.05, 0) is 78.6 Å². The van der Waals surface area contributed by atoms with E-state index in [4.69, 9.17) is 9.47 Å². The Morgan fingerprint density at radius 3 is 2.00 bits per heavy atom. The van der Waals surface area contributed by atoms with Crippen LogP contribution in [-0.4, -0.2) is 37.5 Å². The van der Waals surface area contributed by atoms with Crippen molar-refractivity contribution >= 4 is 29.4 Å². The third-order valence-corrected chi connectivity index (χ3v) is 7.67. The number of carbonyl (C=O) groups is 4. The summed E-state index contributed by atoms with van der Waals surface area (Å²) in [6.07, 6.45) is 4.60. The van der Waals surface area contributed by atoms with E-state index in [1.807, 2.05) is 0 Å². The van der Waals surface area contributed by atoms with E-state index in [-0.39, 0.29) is 53.6 Å².